The molecule has 0 bridgehead atoms. The molecule has 6 heteroatoms. The smallest absolute Gasteiger partial charge is 0.254 e. The van der Waals surface area contributed by atoms with Gasteiger partial charge in [-0.1, -0.05) is 0 Å². The minimum atomic E-state index is -0.129. The van der Waals surface area contributed by atoms with Crippen LogP contribution in [-0.2, 0) is 4.79 Å². The average molecular weight is 344 g/mol. The van der Waals surface area contributed by atoms with Crippen LogP contribution >= 0.6 is 11.8 Å². The number of aryl methyl sites for hydroxylation is 1. The lowest BCUT2D eigenvalue weighted by Crippen LogP contribution is -2.40. The second-order valence-corrected chi connectivity index (χ2v) is 6.95. The highest BCUT2D eigenvalue weighted by Crippen LogP contribution is 2.32. The first-order chi connectivity index (χ1) is 11.5. The normalized spacial score (nSPS) is 17.6. The van der Waals surface area contributed by atoms with Crippen LogP contribution in [0.25, 0.3) is 0 Å². The molecule has 1 aromatic carbocycles. The van der Waals surface area contributed by atoms with Crippen LogP contribution in [-0.4, -0.2) is 34.8 Å². The molecular weight excluding hydrogens is 324 g/mol. The SMILES string of the molecule is CC(=O)Nc1ccc(C(=O)N2CCSC[C@H]2c2ccc(C)o2)cc1. The number of benzene rings is 1. The Bertz CT molecular complexity index is 739. The maximum Gasteiger partial charge on any atom is 0.254 e. The summed E-state index contributed by atoms with van der Waals surface area (Å²) in [4.78, 5) is 25.9. The van der Waals surface area contributed by atoms with Gasteiger partial charge in [0.05, 0.1) is 6.04 Å². The van der Waals surface area contributed by atoms with Gasteiger partial charge in [-0.25, -0.2) is 0 Å². The molecule has 0 saturated carbocycles. The first-order valence-electron chi connectivity index (χ1n) is 7.87. The van der Waals surface area contributed by atoms with Crippen molar-refractivity contribution in [1.29, 1.82) is 0 Å². The minimum absolute atomic E-state index is 0.0104. The fourth-order valence-corrected chi connectivity index (χ4v) is 3.84. The fraction of sp³-hybridized carbons (Fsp3) is 0.333. The summed E-state index contributed by atoms with van der Waals surface area (Å²) >= 11 is 1.83. The number of furan rings is 1. The van der Waals surface area contributed by atoms with Crippen molar-refractivity contribution in [3.05, 3.63) is 53.5 Å². The Morgan fingerprint density at radius 1 is 1.21 bits per heavy atom. The monoisotopic (exact) mass is 344 g/mol. The summed E-state index contributed by atoms with van der Waals surface area (Å²) in [6.45, 7) is 4.06. The van der Waals surface area contributed by atoms with E-state index in [1.165, 1.54) is 6.92 Å². The van der Waals surface area contributed by atoms with Gasteiger partial charge >= 0.3 is 0 Å². The molecule has 0 unspecified atom stereocenters. The van der Waals surface area contributed by atoms with Crippen molar-refractivity contribution in [2.24, 2.45) is 0 Å². The summed E-state index contributed by atoms with van der Waals surface area (Å²) in [5, 5.41) is 2.71. The molecule has 24 heavy (non-hydrogen) atoms. The van der Waals surface area contributed by atoms with Gasteiger partial charge in [0.15, 0.2) is 0 Å². The van der Waals surface area contributed by atoms with Crippen molar-refractivity contribution in [3.8, 4) is 0 Å². The summed E-state index contributed by atoms with van der Waals surface area (Å²) in [5.41, 5.74) is 1.30. The third-order valence-corrected chi connectivity index (χ3v) is 4.95. The molecule has 2 amide bonds. The van der Waals surface area contributed by atoms with Crippen molar-refractivity contribution in [1.82, 2.24) is 4.90 Å². The topological polar surface area (TPSA) is 62.6 Å². The Balaban J connectivity index is 1.80. The van der Waals surface area contributed by atoms with E-state index in [0.717, 1.165) is 23.0 Å². The number of anilines is 1. The molecule has 1 aliphatic rings. The largest absolute Gasteiger partial charge is 0.464 e. The van der Waals surface area contributed by atoms with E-state index in [9.17, 15) is 9.59 Å². The van der Waals surface area contributed by atoms with E-state index in [1.807, 2.05) is 35.7 Å². The first kappa shape index (κ1) is 16.6. The Morgan fingerprint density at radius 3 is 2.58 bits per heavy atom. The molecule has 5 nitrogen and oxygen atoms in total. The van der Waals surface area contributed by atoms with E-state index in [4.69, 9.17) is 4.42 Å². The molecule has 0 radical (unpaired) electrons. The van der Waals surface area contributed by atoms with Gasteiger partial charge in [-0.3, -0.25) is 9.59 Å². The molecule has 1 saturated heterocycles. The third-order valence-electron chi connectivity index (χ3n) is 3.93. The van der Waals surface area contributed by atoms with E-state index < -0.39 is 0 Å². The van der Waals surface area contributed by atoms with Gasteiger partial charge in [0.2, 0.25) is 5.91 Å². The second kappa shape index (κ2) is 7.13. The predicted octanol–water partition coefficient (Wildman–Crippen LogP) is 3.48. The van der Waals surface area contributed by atoms with Gasteiger partial charge in [-0.15, -0.1) is 0 Å². The molecule has 0 spiro atoms. The summed E-state index contributed by atoms with van der Waals surface area (Å²) in [7, 11) is 0. The molecule has 2 heterocycles. The zero-order valence-corrected chi connectivity index (χ0v) is 14.6. The van der Waals surface area contributed by atoms with Gasteiger partial charge in [-0.05, 0) is 43.3 Å². The number of carbonyl (C=O) groups is 2. The van der Waals surface area contributed by atoms with Crippen molar-refractivity contribution >= 4 is 29.3 Å². The Hall–Kier alpha value is -2.21. The van der Waals surface area contributed by atoms with Gasteiger partial charge in [0.1, 0.15) is 11.5 Å². The summed E-state index contributed by atoms with van der Waals surface area (Å²) in [5.74, 6) is 3.31. The molecular formula is C18H20N2O3S. The van der Waals surface area contributed by atoms with Gasteiger partial charge in [0.25, 0.3) is 5.91 Å². The molecule has 1 N–H and O–H groups in total. The number of hydrogen-bond donors (Lipinski definition) is 1. The number of rotatable bonds is 3. The lowest BCUT2D eigenvalue weighted by atomic mass is 10.1. The van der Waals surface area contributed by atoms with Crippen molar-refractivity contribution in [3.63, 3.8) is 0 Å². The van der Waals surface area contributed by atoms with Crippen molar-refractivity contribution in [2.45, 2.75) is 19.9 Å². The van der Waals surface area contributed by atoms with Gasteiger partial charge in [-0.2, -0.15) is 11.8 Å². The van der Waals surface area contributed by atoms with E-state index in [1.54, 1.807) is 24.3 Å². The molecule has 3 rings (SSSR count). The van der Waals surface area contributed by atoms with Crippen LogP contribution in [0, 0.1) is 6.92 Å². The number of thioether (sulfide) groups is 1. The Morgan fingerprint density at radius 2 is 1.96 bits per heavy atom. The van der Waals surface area contributed by atoms with Gasteiger partial charge in [0, 0.05) is 36.2 Å². The van der Waals surface area contributed by atoms with Crippen LogP contribution in [0.5, 0.6) is 0 Å². The minimum Gasteiger partial charge on any atom is -0.464 e. The molecule has 126 valence electrons. The summed E-state index contributed by atoms with van der Waals surface area (Å²) < 4.78 is 5.75. The fourth-order valence-electron chi connectivity index (χ4n) is 2.78. The number of amides is 2. The third kappa shape index (κ3) is 3.64. The molecule has 1 aliphatic heterocycles. The highest BCUT2D eigenvalue weighted by molar-refractivity contribution is 7.99. The van der Waals surface area contributed by atoms with E-state index in [2.05, 4.69) is 5.32 Å². The standard InChI is InChI=1S/C18H20N2O3S/c1-12-3-8-17(23-12)16-11-24-10-9-20(16)18(22)14-4-6-15(7-5-14)19-13(2)21/h3-8,16H,9-11H2,1-2H3,(H,19,21)/t16-/m0/s1. The second-order valence-electron chi connectivity index (χ2n) is 5.80. The highest BCUT2D eigenvalue weighted by Gasteiger charge is 2.31. The lowest BCUT2D eigenvalue weighted by Gasteiger charge is -2.34. The van der Waals surface area contributed by atoms with E-state index >= 15 is 0 Å². The number of nitrogens with zero attached hydrogens (tertiary/aromatic N) is 1. The Labute approximate surface area is 145 Å². The molecule has 1 atom stereocenters. The molecule has 2 aromatic rings. The van der Waals surface area contributed by atoms with Crippen LogP contribution in [0.1, 0.15) is 34.8 Å². The zero-order valence-electron chi connectivity index (χ0n) is 13.7. The van der Waals surface area contributed by atoms with Crippen molar-refractivity contribution < 1.29 is 14.0 Å². The predicted molar refractivity (Wildman–Crippen MR) is 95.3 cm³/mol. The Kier molecular flexibility index (Phi) is 4.94. The zero-order chi connectivity index (χ0) is 17.1. The van der Waals surface area contributed by atoms with E-state index in [0.29, 0.717) is 17.8 Å². The maximum atomic E-state index is 12.9. The first-order valence-corrected chi connectivity index (χ1v) is 9.03. The van der Waals surface area contributed by atoms with Crippen LogP contribution in [0.3, 0.4) is 0 Å². The average Bonchev–Trinajstić information content (AvgIpc) is 3.01. The van der Waals surface area contributed by atoms with E-state index in [-0.39, 0.29) is 17.9 Å². The van der Waals surface area contributed by atoms with Crippen LogP contribution in [0.4, 0.5) is 5.69 Å². The molecule has 1 fully saturated rings. The van der Waals surface area contributed by atoms with Crippen molar-refractivity contribution in [2.75, 3.05) is 23.4 Å². The summed E-state index contributed by atoms with van der Waals surface area (Å²) in [6, 6.07) is 10.8. The number of hydrogen-bond acceptors (Lipinski definition) is 4. The van der Waals surface area contributed by atoms with Crippen LogP contribution in [0.2, 0.25) is 0 Å². The number of carbonyl (C=O) groups excluding carboxylic acids is 2. The van der Waals surface area contributed by atoms with Crippen LogP contribution in [0.15, 0.2) is 40.8 Å². The quantitative estimate of drug-likeness (QED) is 0.926. The molecule has 0 aliphatic carbocycles. The van der Waals surface area contributed by atoms with Gasteiger partial charge < -0.3 is 14.6 Å². The maximum absolute atomic E-state index is 12.9. The molecule has 1 aromatic heterocycles. The number of nitrogens with one attached hydrogen (secondary N) is 1. The van der Waals surface area contributed by atoms with Crippen LogP contribution < -0.4 is 5.32 Å². The highest BCUT2D eigenvalue weighted by atomic mass is 32.2. The lowest BCUT2D eigenvalue weighted by molar-refractivity contribution is -0.114. The summed E-state index contributed by atoms with van der Waals surface area (Å²) in [6.07, 6.45) is 0.